The van der Waals surface area contributed by atoms with Crippen molar-refractivity contribution in [3.05, 3.63) is 12.2 Å². The molecular formula is C20H32O6. The minimum absolute atomic E-state index is 0.156. The zero-order valence-corrected chi connectivity index (χ0v) is 16.5. The zero-order valence-electron chi connectivity index (χ0n) is 16.5. The van der Waals surface area contributed by atoms with Crippen LogP contribution in [0.2, 0.25) is 0 Å². The van der Waals surface area contributed by atoms with Crippen LogP contribution in [0.4, 0.5) is 0 Å². The molecule has 2 bridgehead atoms. The summed E-state index contributed by atoms with van der Waals surface area (Å²) >= 11 is 0. The lowest BCUT2D eigenvalue weighted by atomic mass is 9.82. The summed E-state index contributed by atoms with van der Waals surface area (Å²) in [4.78, 5) is 24.0. The second-order valence-electron chi connectivity index (χ2n) is 7.76. The van der Waals surface area contributed by atoms with Crippen LogP contribution in [0.25, 0.3) is 0 Å². The van der Waals surface area contributed by atoms with Gasteiger partial charge in [0.1, 0.15) is 12.2 Å². The van der Waals surface area contributed by atoms with Gasteiger partial charge in [-0.3, -0.25) is 4.79 Å². The van der Waals surface area contributed by atoms with E-state index < -0.39 is 5.97 Å². The van der Waals surface area contributed by atoms with Crippen LogP contribution in [0.3, 0.4) is 0 Å². The molecule has 0 aromatic heterocycles. The molecule has 0 saturated heterocycles. The quantitative estimate of drug-likeness (QED) is 0.354. The molecule has 2 fully saturated rings. The van der Waals surface area contributed by atoms with Crippen molar-refractivity contribution in [3.8, 4) is 0 Å². The van der Waals surface area contributed by atoms with Crippen LogP contribution in [0, 0.1) is 23.7 Å². The van der Waals surface area contributed by atoms with Crippen LogP contribution >= 0.6 is 0 Å². The molecule has 0 heterocycles. The van der Waals surface area contributed by atoms with Gasteiger partial charge in [0, 0.05) is 25.0 Å². The van der Waals surface area contributed by atoms with Gasteiger partial charge < -0.3 is 18.9 Å². The maximum Gasteiger partial charge on any atom is 0.333 e. The summed E-state index contributed by atoms with van der Waals surface area (Å²) in [5.41, 5.74) is 0.377. The fourth-order valence-corrected chi connectivity index (χ4v) is 4.26. The van der Waals surface area contributed by atoms with E-state index in [9.17, 15) is 9.59 Å². The van der Waals surface area contributed by atoms with Gasteiger partial charge in [-0.15, -0.1) is 0 Å². The summed E-state index contributed by atoms with van der Waals surface area (Å²) in [7, 11) is 1.61. The van der Waals surface area contributed by atoms with E-state index in [0.717, 1.165) is 12.8 Å². The Morgan fingerprint density at radius 2 is 1.88 bits per heavy atom. The minimum Gasteiger partial charge on any atom is -0.466 e. The fraction of sp³-hybridized carbons (Fsp3) is 0.800. The van der Waals surface area contributed by atoms with Crippen LogP contribution < -0.4 is 0 Å². The van der Waals surface area contributed by atoms with Crippen LogP contribution in [0.5, 0.6) is 0 Å². The summed E-state index contributed by atoms with van der Waals surface area (Å²) < 4.78 is 22.5. The predicted molar refractivity (Wildman–Crippen MR) is 96.2 cm³/mol. The SMILES string of the molecule is C=C(C)C(=O)OC1C2CC(CC(=O)OCC)C(C2)C1OC(OC)C(C)C. The highest BCUT2D eigenvalue weighted by molar-refractivity contribution is 5.87. The molecule has 0 spiro atoms. The molecule has 6 unspecified atom stereocenters. The molecule has 2 aliphatic rings. The summed E-state index contributed by atoms with van der Waals surface area (Å²) in [6, 6.07) is 0. The summed E-state index contributed by atoms with van der Waals surface area (Å²) in [5.74, 6) is 0.137. The van der Waals surface area contributed by atoms with Gasteiger partial charge in [-0.05, 0) is 44.4 Å². The lowest BCUT2D eigenvalue weighted by molar-refractivity contribution is -0.219. The molecule has 0 amide bonds. The van der Waals surface area contributed by atoms with E-state index in [2.05, 4.69) is 6.58 Å². The number of rotatable bonds is 9. The Morgan fingerprint density at radius 3 is 2.42 bits per heavy atom. The van der Waals surface area contributed by atoms with E-state index >= 15 is 0 Å². The van der Waals surface area contributed by atoms with Gasteiger partial charge >= 0.3 is 11.9 Å². The zero-order chi connectivity index (χ0) is 19.4. The van der Waals surface area contributed by atoms with Crippen LogP contribution in [-0.2, 0) is 28.5 Å². The van der Waals surface area contributed by atoms with E-state index in [1.54, 1.807) is 14.0 Å². The molecule has 2 saturated carbocycles. The number of fused-ring (bicyclic) bond motifs is 2. The normalized spacial score (nSPS) is 31.1. The van der Waals surface area contributed by atoms with E-state index in [4.69, 9.17) is 18.9 Å². The van der Waals surface area contributed by atoms with Gasteiger partial charge in [0.15, 0.2) is 6.29 Å². The first-order valence-electron chi connectivity index (χ1n) is 9.48. The van der Waals surface area contributed by atoms with E-state index in [1.807, 2.05) is 20.8 Å². The molecule has 6 heteroatoms. The highest BCUT2D eigenvalue weighted by atomic mass is 16.7. The Kier molecular flexibility index (Phi) is 7.24. The minimum atomic E-state index is -0.392. The van der Waals surface area contributed by atoms with Gasteiger partial charge in [-0.25, -0.2) is 4.79 Å². The van der Waals surface area contributed by atoms with Crippen molar-refractivity contribution in [2.75, 3.05) is 13.7 Å². The molecular weight excluding hydrogens is 336 g/mol. The molecule has 2 aliphatic carbocycles. The number of methoxy groups -OCH3 is 1. The number of esters is 2. The van der Waals surface area contributed by atoms with Crippen molar-refractivity contribution in [2.24, 2.45) is 23.7 Å². The molecule has 0 aromatic carbocycles. The van der Waals surface area contributed by atoms with Gasteiger partial charge in [0.05, 0.1) is 6.61 Å². The van der Waals surface area contributed by atoms with Gasteiger partial charge in [-0.1, -0.05) is 20.4 Å². The molecule has 26 heavy (non-hydrogen) atoms. The molecule has 6 atom stereocenters. The molecule has 0 radical (unpaired) electrons. The third-order valence-corrected chi connectivity index (χ3v) is 5.39. The Morgan fingerprint density at radius 1 is 1.19 bits per heavy atom. The second kappa shape index (κ2) is 9.00. The molecule has 0 aromatic rings. The predicted octanol–water partition coefficient (Wildman–Crippen LogP) is 3.10. The fourth-order valence-electron chi connectivity index (χ4n) is 4.26. The summed E-state index contributed by atoms with van der Waals surface area (Å²) in [6.07, 6.45) is 1.14. The molecule has 0 aliphatic heterocycles. The number of hydrogen-bond acceptors (Lipinski definition) is 6. The lowest BCUT2D eigenvalue weighted by Crippen LogP contribution is -2.45. The third-order valence-electron chi connectivity index (χ3n) is 5.39. The van der Waals surface area contributed by atoms with Crippen molar-refractivity contribution < 1.29 is 28.5 Å². The Hall–Kier alpha value is -1.40. The van der Waals surface area contributed by atoms with Crippen LogP contribution in [0.15, 0.2) is 12.2 Å². The number of carbonyl (C=O) groups is 2. The largest absolute Gasteiger partial charge is 0.466 e. The van der Waals surface area contributed by atoms with Crippen molar-refractivity contribution in [1.29, 1.82) is 0 Å². The van der Waals surface area contributed by atoms with Crippen LogP contribution in [0.1, 0.15) is 47.0 Å². The summed E-state index contributed by atoms with van der Waals surface area (Å²) in [5, 5.41) is 0. The van der Waals surface area contributed by atoms with E-state index in [-0.39, 0.29) is 48.1 Å². The lowest BCUT2D eigenvalue weighted by Gasteiger charge is -2.37. The van der Waals surface area contributed by atoms with Crippen molar-refractivity contribution in [2.45, 2.75) is 65.5 Å². The highest BCUT2D eigenvalue weighted by Crippen LogP contribution is 2.52. The maximum atomic E-state index is 12.1. The third kappa shape index (κ3) is 4.65. The Labute approximate surface area is 156 Å². The monoisotopic (exact) mass is 368 g/mol. The molecule has 148 valence electrons. The van der Waals surface area contributed by atoms with Gasteiger partial charge in [0.25, 0.3) is 0 Å². The molecule has 6 nitrogen and oxygen atoms in total. The van der Waals surface area contributed by atoms with Crippen molar-refractivity contribution >= 4 is 11.9 Å². The standard InChI is InChI=1S/C20H32O6/c1-7-24-16(21)10-13-8-14-9-15(13)18(26-20(23-6)12(4)5)17(14)25-19(22)11(2)3/h12-15,17-18,20H,2,7-10H2,1,3-6H3. The average molecular weight is 368 g/mol. The van der Waals surface area contributed by atoms with Crippen molar-refractivity contribution in [1.82, 2.24) is 0 Å². The molecule has 0 N–H and O–H groups in total. The van der Waals surface area contributed by atoms with Crippen molar-refractivity contribution in [3.63, 3.8) is 0 Å². The Bertz CT molecular complexity index is 528. The number of ether oxygens (including phenoxy) is 4. The van der Waals surface area contributed by atoms with E-state index in [1.165, 1.54) is 0 Å². The van der Waals surface area contributed by atoms with Gasteiger partial charge in [-0.2, -0.15) is 0 Å². The summed E-state index contributed by atoms with van der Waals surface area (Å²) in [6.45, 7) is 11.5. The smallest absolute Gasteiger partial charge is 0.333 e. The first-order valence-corrected chi connectivity index (χ1v) is 9.48. The highest BCUT2D eigenvalue weighted by Gasteiger charge is 2.56. The Balaban J connectivity index is 2.13. The topological polar surface area (TPSA) is 71.1 Å². The molecule has 2 rings (SSSR count). The number of hydrogen-bond donors (Lipinski definition) is 0. The first-order chi connectivity index (χ1) is 12.3. The van der Waals surface area contributed by atoms with E-state index in [0.29, 0.717) is 18.6 Å². The second-order valence-corrected chi connectivity index (χ2v) is 7.76. The van der Waals surface area contributed by atoms with Crippen LogP contribution in [-0.4, -0.2) is 44.2 Å². The number of carbonyl (C=O) groups excluding carboxylic acids is 2. The van der Waals surface area contributed by atoms with Gasteiger partial charge in [0.2, 0.25) is 0 Å². The first kappa shape index (κ1) is 20.9. The maximum absolute atomic E-state index is 12.1. The average Bonchev–Trinajstić information content (AvgIpc) is 3.10.